The summed E-state index contributed by atoms with van der Waals surface area (Å²) in [6.45, 7) is 0. The molecule has 1 aromatic heterocycles. The molecule has 16 heavy (non-hydrogen) atoms. The van der Waals surface area contributed by atoms with Crippen LogP contribution in [0.5, 0.6) is 0 Å². The summed E-state index contributed by atoms with van der Waals surface area (Å²) >= 11 is 6.64. The number of halogens is 2. The third-order valence-electron chi connectivity index (χ3n) is 1.89. The maximum absolute atomic E-state index is 10.9. The highest BCUT2D eigenvalue weighted by Crippen LogP contribution is 2.29. The lowest BCUT2D eigenvalue weighted by molar-refractivity contribution is 0.0691. The molecule has 0 atom stereocenters. The zero-order valence-electron chi connectivity index (χ0n) is 7.78. The SMILES string of the molecule is O=C(O)c1ncoc1-c1cc(Br)cc(Br)c1. The number of hydrogen-bond donors (Lipinski definition) is 1. The van der Waals surface area contributed by atoms with Crippen LogP contribution in [-0.2, 0) is 0 Å². The Morgan fingerprint density at radius 3 is 2.44 bits per heavy atom. The van der Waals surface area contributed by atoms with Gasteiger partial charge in [-0.05, 0) is 18.2 Å². The molecule has 4 nitrogen and oxygen atoms in total. The molecule has 1 aromatic carbocycles. The number of carboxylic acid groups (broad SMARTS) is 1. The normalized spacial score (nSPS) is 10.4. The molecule has 6 heteroatoms. The highest BCUT2D eigenvalue weighted by atomic mass is 79.9. The van der Waals surface area contributed by atoms with Crippen molar-refractivity contribution in [2.75, 3.05) is 0 Å². The average Bonchev–Trinajstić information content (AvgIpc) is 2.63. The highest BCUT2D eigenvalue weighted by Gasteiger charge is 2.17. The van der Waals surface area contributed by atoms with Gasteiger partial charge in [-0.2, -0.15) is 0 Å². The molecule has 0 bridgehead atoms. The number of carboxylic acids is 1. The topological polar surface area (TPSA) is 63.3 Å². The van der Waals surface area contributed by atoms with Gasteiger partial charge in [0.2, 0.25) is 0 Å². The number of aromatic nitrogens is 1. The average molecular weight is 347 g/mol. The van der Waals surface area contributed by atoms with E-state index < -0.39 is 5.97 Å². The number of hydrogen-bond acceptors (Lipinski definition) is 3. The monoisotopic (exact) mass is 345 g/mol. The van der Waals surface area contributed by atoms with Crippen LogP contribution in [0.4, 0.5) is 0 Å². The van der Waals surface area contributed by atoms with Crippen molar-refractivity contribution < 1.29 is 14.3 Å². The summed E-state index contributed by atoms with van der Waals surface area (Å²) in [5.41, 5.74) is 0.557. The molecule has 0 saturated heterocycles. The number of rotatable bonds is 2. The molecule has 1 N–H and O–H groups in total. The minimum Gasteiger partial charge on any atom is -0.476 e. The van der Waals surface area contributed by atoms with Crippen molar-refractivity contribution in [1.82, 2.24) is 4.98 Å². The second-order valence-electron chi connectivity index (χ2n) is 2.99. The minimum absolute atomic E-state index is 0.0926. The van der Waals surface area contributed by atoms with E-state index >= 15 is 0 Å². The third-order valence-corrected chi connectivity index (χ3v) is 2.81. The quantitative estimate of drug-likeness (QED) is 0.902. The van der Waals surface area contributed by atoms with E-state index in [-0.39, 0.29) is 11.5 Å². The fourth-order valence-corrected chi connectivity index (χ4v) is 2.58. The Kier molecular flexibility index (Phi) is 3.11. The summed E-state index contributed by atoms with van der Waals surface area (Å²) in [6, 6.07) is 5.37. The molecule has 1 heterocycles. The largest absolute Gasteiger partial charge is 0.476 e. The van der Waals surface area contributed by atoms with Crippen LogP contribution in [0.2, 0.25) is 0 Å². The fraction of sp³-hybridized carbons (Fsp3) is 0. The van der Waals surface area contributed by atoms with Crippen LogP contribution in [0.1, 0.15) is 10.5 Å². The lowest BCUT2D eigenvalue weighted by Crippen LogP contribution is -1.98. The van der Waals surface area contributed by atoms with Crippen molar-refractivity contribution in [2.24, 2.45) is 0 Å². The maximum Gasteiger partial charge on any atom is 0.358 e. The molecule has 0 aliphatic heterocycles. The number of nitrogens with zero attached hydrogens (tertiary/aromatic N) is 1. The van der Waals surface area contributed by atoms with Crippen LogP contribution in [-0.4, -0.2) is 16.1 Å². The van der Waals surface area contributed by atoms with E-state index in [1.807, 2.05) is 6.07 Å². The van der Waals surface area contributed by atoms with E-state index in [0.717, 1.165) is 15.3 Å². The van der Waals surface area contributed by atoms with Crippen molar-refractivity contribution in [2.45, 2.75) is 0 Å². The van der Waals surface area contributed by atoms with E-state index in [0.29, 0.717) is 5.56 Å². The first-order valence-corrected chi connectivity index (χ1v) is 5.80. The standard InChI is InChI=1S/C10H5Br2NO3/c11-6-1-5(2-7(12)3-6)9-8(10(14)15)13-4-16-9/h1-4H,(H,14,15). The number of carbonyl (C=O) groups is 1. The van der Waals surface area contributed by atoms with Crippen molar-refractivity contribution in [1.29, 1.82) is 0 Å². The first kappa shape index (κ1) is 11.3. The van der Waals surface area contributed by atoms with E-state index in [1.165, 1.54) is 0 Å². The lowest BCUT2D eigenvalue weighted by Gasteiger charge is -2.00. The second kappa shape index (κ2) is 4.39. The summed E-state index contributed by atoms with van der Waals surface area (Å²) in [5.74, 6) is -0.866. The number of oxazole rings is 1. The van der Waals surface area contributed by atoms with Crippen molar-refractivity contribution in [3.05, 3.63) is 39.2 Å². The molecule has 0 aliphatic rings. The molecule has 0 radical (unpaired) electrons. The third kappa shape index (κ3) is 2.17. The van der Waals surface area contributed by atoms with Crippen LogP contribution in [0, 0.1) is 0 Å². The van der Waals surface area contributed by atoms with E-state index in [9.17, 15) is 4.79 Å². The molecule has 0 amide bonds. The summed E-state index contributed by atoms with van der Waals surface area (Å²) in [7, 11) is 0. The zero-order valence-corrected chi connectivity index (χ0v) is 10.9. The van der Waals surface area contributed by atoms with Gasteiger partial charge in [-0.15, -0.1) is 0 Å². The molecule has 0 saturated carbocycles. The predicted octanol–water partition coefficient (Wildman–Crippen LogP) is 3.56. The maximum atomic E-state index is 10.9. The van der Waals surface area contributed by atoms with Gasteiger partial charge in [-0.3, -0.25) is 0 Å². The first-order chi connectivity index (χ1) is 7.58. The molecular weight excluding hydrogens is 342 g/mol. The van der Waals surface area contributed by atoms with Crippen LogP contribution in [0.15, 0.2) is 38.0 Å². The number of benzene rings is 1. The Morgan fingerprint density at radius 1 is 1.25 bits per heavy atom. The van der Waals surface area contributed by atoms with Gasteiger partial charge in [0, 0.05) is 14.5 Å². The van der Waals surface area contributed by atoms with Crippen molar-refractivity contribution in [3.63, 3.8) is 0 Å². The zero-order chi connectivity index (χ0) is 11.7. The molecule has 0 aliphatic carbocycles. The second-order valence-corrected chi connectivity index (χ2v) is 4.82. The van der Waals surface area contributed by atoms with Crippen LogP contribution in [0.25, 0.3) is 11.3 Å². The Balaban J connectivity index is 2.58. The van der Waals surface area contributed by atoms with Crippen molar-refractivity contribution in [3.8, 4) is 11.3 Å². The molecule has 0 spiro atoms. The smallest absolute Gasteiger partial charge is 0.358 e. The molecular formula is C10H5Br2NO3. The Labute approximate surface area is 108 Å². The summed E-state index contributed by atoms with van der Waals surface area (Å²) in [6.07, 6.45) is 1.12. The van der Waals surface area contributed by atoms with Gasteiger partial charge < -0.3 is 9.52 Å². The van der Waals surface area contributed by atoms with E-state index in [1.54, 1.807) is 12.1 Å². The Morgan fingerprint density at radius 2 is 1.88 bits per heavy atom. The molecule has 0 unspecified atom stereocenters. The lowest BCUT2D eigenvalue weighted by atomic mass is 10.1. The fourth-order valence-electron chi connectivity index (χ4n) is 1.29. The van der Waals surface area contributed by atoms with Crippen molar-refractivity contribution >= 4 is 37.8 Å². The molecule has 2 aromatic rings. The molecule has 2 rings (SSSR count). The number of aromatic carboxylic acids is 1. The van der Waals surface area contributed by atoms with E-state index in [4.69, 9.17) is 9.52 Å². The van der Waals surface area contributed by atoms with Gasteiger partial charge in [0.05, 0.1) is 0 Å². The van der Waals surface area contributed by atoms with Crippen LogP contribution >= 0.6 is 31.9 Å². The summed E-state index contributed by atoms with van der Waals surface area (Å²) in [5, 5.41) is 8.91. The van der Waals surface area contributed by atoms with Gasteiger partial charge in [0.25, 0.3) is 0 Å². The van der Waals surface area contributed by atoms with Crippen LogP contribution < -0.4 is 0 Å². The first-order valence-electron chi connectivity index (χ1n) is 4.21. The summed E-state index contributed by atoms with van der Waals surface area (Å²) in [4.78, 5) is 14.5. The predicted molar refractivity (Wildman–Crippen MR) is 64.3 cm³/mol. The molecule has 82 valence electrons. The van der Waals surface area contributed by atoms with Gasteiger partial charge in [0.1, 0.15) is 0 Å². The van der Waals surface area contributed by atoms with Crippen LogP contribution in [0.3, 0.4) is 0 Å². The minimum atomic E-state index is -1.11. The van der Waals surface area contributed by atoms with Gasteiger partial charge in [-0.25, -0.2) is 9.78 Å². The Bertz CT molecular complexity index is 530. The van der Waals surface area contributed by atoms with E-state index in [2.05, 4.69) is 36.8 Å². The van der Waals surface area contributed by atoms with Gasteiger partial charge in [0.15, 0.2) is 17.8 Å². The summed E-state index contributed by atoms with van der Waals surface area (Å²) < 4.78 is 6.74. The Hall–Kier alpha value is -1.14. The highest BCUT2D eigenvalue weighted by molar-refractivity contribution is 9.11. The molecule has 0 fully saturated rings. The van der Waals surface area contributed by atoms with Gasteiger partial charge >= 0.3 is 5.97 Å². The van der Waals surface area contributed by atoms with Gasteiger partial charge in [-0.1, -0.05) is 31.9 Å².